The molecule has 2 aromatic heterocycles. The standard InChI is InChI=1S/C49H64N8O9/c1-36-9-7-8-12-41(36)47(60)52-20-24-64-26-28-66-30-29-65-27-25-63-23-19-51-42(58)33-50-32-38-13-15-40(16-14-38)46-44-45(54-55(46)3)48(61)57(35-53-44)34-49(62)17-21-56(22-18-49)43(59)31-37(2)39-10-5-4-6-11-39/h4-16,35,37,50,62H,17-34H2,1-3H3,(H,51,58)(H,52,60). The summed E-state index contributed by atoms with van der Waals surface area (Å²) in [5.41, 5.74) is 4.41. The van der Waals surface area contributed by atoms with Crippen LogP contribution in [0.1, 0.15) is 59.2 Å². The van der Waals surface area contributed by atoms with Gasteiger partial charge in [-0.2, -0.15) is 5.10 Å². The van der Waals surface area contributed by atoms with Crippen LogP contribution in [-0.2, 0) is 48.7 Å². The summed E-state index contributed by atoms with van der Waals surface area (Å²) in [7, 11) is 1.77. The fraction of sp³-hybridized carbons (Fsp3) is 0.469. The highest BCUT2D eigenvalue weighted by atomic mass is 16.6. The fourth-order valence-corrected chi connectivity index (χ4v) is 7.82. The first-order chi connectivity index (χ1) is 32.0. The van der Waals surface area contributed by atoms with Crippen molar-refractivity contribution < 1.29 is 38.4 Å². The van der Waals surface area contributed by atoms with Crippen molar-refractivity contribution in [2.24, 2.45) is 7.05 Å². The maximum atomic E-state index is 13.6. The molecule has 3 aromatic carbocycles. The van der Waals surface area contributed by atoms with Crippen LogP contribution in [0.4, 0.5) is 0 Å². The van der Waals surface area contributed by atoms with Gasteiger partial charge >= 0.3 is 0 Å². The lowest BCUT2D eigenvalue weighted by Crippen LogP contribution is -2.49. The number of aliphatic hydroxyl groups is 1. The van der Waals surface area contributed by atoms with Crippen LogP contribution in [0.15, 0.2) is 90.0 Å². The van der Waals surface area contributed by atoms with Crippen LogP contribution >= 0.6 is 0 Å². The molecule has 3 amide bonds. The second-order valence-corrected chi connectivity index (χ2v) is 16.6. The van der Waals surface area contributed by atoms with E-state index in [0.29, 0.717) is 122 Å². The third-order valence-corrected chi connectivity index (χ3v) is 11.6. The summed E-state index contributed by atoms with van der Waals surface area (Å²) >= 11 is 0. The van der Waals surface area contributed by atoms with Crippen LogP contribution < -0.4 is 21.5 Å². The van der Waals surface area contributed by atoms with Gasteiger partial charge in [0.25, 0.3) is 11.5 Å². The highest BCUT2D eigenvalue weighted by Gasteiger charge is 2.35. The van der Waals surface area contributed by atoms with Gasteiger partial charge in [-0.25, -0.2) is 4.98 Å². The van der Waals surface area contributed by atoms with Crippen molar-refractivity contribution in [3.05, 3.63) is 118 Å². The predicted octanol–water partition coefficient (Wildman–Crippen LogP) is 3.35. The number of carbonyl (C=O) groups excluding carboxylic acids is 3. The maximum absolute atomic E-state index is 13.6. The Hall–Kier alpha value is -5.82. The average Bonchev–Trinajstić information content (AvgIpc) is 3.66. The largest absolute Gasteiger partial charge is 0.388 e. The predicted molar refractivity (Wildman–Crippen MR) is 250 cm³/mol. The van der Waals surface area contributed by atoms with E-state index in [1.54, 1.807) is 17.8 Å². The molecule has 0 saturated carbocycles. The molecule has 6 rings (SSSR count). The molecular formula is C49H64N8O9. The van der Waals surface area contributed by atoms with Gasteiger partial charge in [-0.1, -0.05) is 79.7 Å². The quantitative estimate of drug-likeness (QED) is 0.0591. The molecule has 0 radical (unpaired) electrons. The molecule has 1 aliphatic heterocycles. The second kappa shape index (κ2) is 25.2. The number of hydrogen-bond donors (Lipinski definition) is 4. The van der Waals surface area contributed by atoms with Crippen LogP contribution in [0.2, 0.25) is 0 Å². The Morgan fingerprint density at radius 1 is 0.788 bits per heavy atom. The van der Waals surface area contributed by atoms with Gasteiger partial charge in [-0.05, 0) is 48.4 Å². The third-order valence-electron chi connectivity index (χ3n) is 11.6. The Bertz CT molecular complexity index is 2380. The van der Waals surface area contributed by atoms with Crippen LogP contribution in [0.25, 0.3) is 22.3 Å². The normalized spacial score (nSPS) is 14.0. The average molecular weight is 909 g/mol. The van der Waals surface area contributed by atoms with E-state index in [0.717, 1.165) is 22.3 Å². The van der Waals surface area contributed by atoms with E-state index in [-0.39, 0.29) is 47.8 Å². The molecule has 66 heavy (non-hydrogen) atoms. The molecule has 3 heterocycles. The van der Waals surface area contributed by atoms with E-state index >= 15 is 0 Å². The Balaban J connectivity index is 0.805. The summed E-state index contributed by atoms with van der Waals surface area (Å²) in [4.78, 5) is 57.7. The number of fused-ring (bicyclic) bond motifs is 1. The van der Waals surface area contributed by atoms with Gasteiger partial charge in [-0.15, -0.1) is 0 Å². The lowest BCUT2D eigenvalue weighted by atomic mass is 9.90. The van der Waals surface area contributed by atoms with Gasteiger partial charge < -0.3 is 44.9 Å². The first kappa shape index (κ1) is 49.6. The van der Waals surface area contributed by atoms with Crippen molar-refractivity contribution >= 4 is 28.8 Å². The van der Waals surface area contributed by atoms with Crippen molar-refractivity contribution in [2.75, 3.05) is 85.6 Å². The number of rotatable bonds is 26. The summed E-state index contributed by atoms with van der Waals surface area (Å²) in [5, 5.41) is 24.9. The Kier molecular flexibility index (Phi) is 18.9. The summed E-state index contributed by atoms with van der Waals surface area (Å²) in [6, 6.07) is 25.2. The number of nitrogens with one attached hydrogen (secondary N) is 3. The highest BCUT2D eigenvalue weighted by Crippen LogP contribution is 2.28. The lowest BCUT2D eigenvalue weighted by molar-refractivity contribution is -0.136. The zero-order chi connectivity index (χ0) is 46.7. The molecule has 4 N–H and O–H groups in total. The molecule has 0 aliphatic carbocycles. The van der Waals surface area contributed by atoms with Crippen molar-refractivity contribution in [1.82, 2.24) is 40.2 Å². The Morgan fingerprint density at radius 2 is 1.39 bits per heavy atom. The van der Waals surface area contributed by atoms with E-state index in [1.165, 1.54) is 10.9 Å². The summed E-state index contributed by atoms with van der Waals surface area (Å²) in [6.45, 7) is 9.55. The van der Waals surface area contributed by atoms with Gasteiger partial charge in [-0.3, -0.25) is 28.4 Å². The van der Waals surface area contributed by atoms with Crippen molar-refractivity contribution in [1.29, 1.82) is 0 Å². The molecule has 0 spiro atoms. The molecule has 0 bridgehead atoms. The minimum absolute atomic E-state index is 0.0601. The number of carbonyl (C=O) groups is 3. The number of amides is 3. The molecular weight excluding hydrogens is 845 g/mol. The van der Waals surface area contributed by atoms with Crippen LogP contribution in [0, 0.1) is 6.92 Å². The van der Waals surface area contributed by atoms with Gasteiger partial charge in [0.2, 0.25) is 11.8 Å². The van der Waals surface area contributed by atoms with Crippen molar-refractivity contribution in [2.45, 2.75) is 57.7 Å². The van der Waals surface area contributed by atoms with Gasteiger partial charge in [0.05, 0.1) is 83.6 Å². The summed E-state index contributed by atoms with van der Waals surface area (Å²) in [6.07, 6.45) is 2.58. The third kappa shape index (κ3) is 14.6. The Morgan fingerprint density at radius 3 is 2.05 bits per heavy atom. The highest BCUT2D eigenvalue weighted by molar-refractivity contribution is 5.95. The number of likely N-dealkylation sites (tertiary alicyclic amines) is 1. The van der Waals surface area contributed by atoms with E-state index in [2.05, 4.69) is 26.0 Å². The zero-order valence-electron chi connectivity index (χ0n) is 38.3. The molecule has 17 nitrogen and oxygen atoms in total. The van der Waals surface area contributed by atoms with Crippen LogP contribution in [0.5, 0.6) is 0 Å². The van der Waals surface area contributed by atoms with Crippen LogP contribution in [-0.4, -0.2) is 138 Å². The van der Waals surface area contributed by atoms with Crippen LogP contribution in [0.3, 0.4) is 0 Å². The topological polar surface area (TPSA) is 200 Å². The van der Waals surface area contributed by atoms with Crippen molar-refractivity contribution in [3.8, 4) is 11.3 Å². The number of aryl methyl sites for hydroxylation is 2. The first-order valence-electron chi connectivity index (χ1n) is 22.7. The number of nitrogens with zero attached hydrogens (tertiary/aromatic N) is 5. The van der Waals surface area contributed by atoms with E-state index in [1.807, 2.05) is 91.5 Å². The number of hydrogen-bond acceptors (Lipinski definition) is 12. The molecule has 17 heteroatoms. The molecule has 5 aromatic rings. The van der Waals surface area contributed by atoms with E-state index in [9.17, 15) is 24.3 Å². The van der Waals surface area contributed by atoms with Crippen molar-refractivity contribution in [3.63, 3.8) is 0 Å². The monoisotopic (exact) mass is 908 g/mol. The smallest absolute Gasteiger partial charge is 0.281 e. The Labute approximate surface area is 385 Å². The van der Waals surface area contributed by atoms with Gasteiger partial charge in [0.1, 0.15) is 5.52 Å². The number of aromatic nitrogens is 4. The van der Waals surface area contributed by atoms with Gasteiger partial charge in [0, 0.05) is 57.3 Å². The lowest BCUT2D eigenvalue weighted by Gasteiger charge is -2.38. The molecule has 1 saturated heterocycles. The first-order valence-corrected chi connectivity index (χ1v) is 22.7. The molecule has 1 fully saturated rings. The molecule has 1 atom stereocenters. The maximum Gasteiger partial charge on any atom is 0.281 e. The summed E-state index contributed by atoms with van der Waals surface area (Å²) in [5.74, 6) is -0.0934. The molecule has 354 valence electrons. The number of ether oxygens (including phenoxy) is 4. The second-order valence-electron chi connectivity index (χ2n) is 16.6. The number of benzene rings is 3. The van der Waals surface area contributed by atoms with E-state index < -0.39 is 5.60 Å². The SMILES string of the molecule is Cc1ccccc1C(=O)NCCOCCOCCOCCOCCNC(=O)CNCc1ccc(-c2c3ncn(CC4(O)CCN(C(=O)CC(C)c5ccccc5)CC4)c(=O)c3nn2C)cc1. The van der Waals surface area contributed by atoms with E-state index in [4.69, 9.17) is 18.9 Å². The molecule has 1 aliphatic rings. The minimum Gasteiger partial charge on any atom is -0.388 e. The zero-order valence-corrected chi connectivity index (χ0v) is 38.3. The van der Waals surface area contributed by atoms with Gasteiger partial charge in [0.15, 0.2) is 5.52 Å². The fourth-order valence-electron chi connectivity index (χ4n) is 7.82. The minimum atomic E-state index is -1.16. The summed E-state index contributed by atoms with van der Waals surface area (Å²) < 4.78 is 25.1. The molecule has 1 unspecified atom stereocenters. The number of piperidine rings is 1.